The third kappa shape index (κ3) is 8.11. The predicted molar refractivity (Wildman–Crippen MR) is 92.2 cm³/mol. The molecule has 0 aliphatic heterocycles. The zero-order chi connectivity index (χ0) is 15.3. The van der Waals surface area contributed by atoms with Gasteiger partial charge >= 0.3 is 0 Å². The van der Waals surface area contributed by atoms with E-state index >= 15 is 0 Å². The lowest BCUT2D eigenvalue weighted by Crippen LogP contribution is -2.29. The van der Waals surface area contributed by atoms with Crippen molar-refractivity contribution in [3.63, 3.8) is 0 Å². The molecule has 0 radical (unpaired) electrons. The first kappa shape index (κ1) is 18.0. The number of benzene rings is 1. The number of rotatable bonds is 12. The molecule has 2 nitrogen and oxygen atoms in total. The van der Waals surface area contributed by atoms with E-state index in [1.807, 2.05) is 0 Å². The molecule has 0 spiro atoms. The predicted octanol–water partition coefficient (Wildman–Crippen LogP) is 4.97. The molecule has 0 aliphatic carbocycles. The summed E-state index contributed by atoms with van der Waals surface area (Å²) in [6.45, 7) is 5.55. The molecule has 0 fully saturated rings. The Labute approximate surface area is 131 Å². The van der Waals surface area contributed by atoms with E-state index in [1.165, 1.54) is 50.5 Å². The van der Waals surface area contributed by atoms with Crippen molar-refractivity contribution >= 4 is 0 Å². The molecule has 0 amide bonds. The first-order valence-corrected chi connectivity index (χ1v) is 8.66. The van der Waals surface area contributed by atoms with Crippen LogP contribution in [0.1, 0.15) is 64.4 Å². The quantitative estimate of drug-likeness (QED) is 0.549. The lowest BCUT2D eigenvalue weighted by molar-refractivity contribution is 0.414. The van der Waals surface area contributed by atoms with Gasteiger partial charge < -0.3 is 10.1 Å². The van der Waals surface area contributed by atoms with Gasteiger partial charge in [-0.3, -0.25) is 0 Å². The van der Waals surface area contributed by atoms with Gasteiger partial charge in [0.15, 0.2) is 0 Å². The summed E-state index contributed by atoms with van der Waals surface area (Å²) in [4.78, 5) is 0. The summed E-state index contributed by atoms with van der Waals surface area (Å²) in [5.41, 5.74) is 1.41. The van der Waals surface area contributed by atoms with Crippen LogP contribution in [0.25, 0.3) is 0 Å². The van der Waals surface area contributed by atoms with Crippen molar-refractivity contribution in [1.29, 1.82) is 0 Å². The maximum absolute atomic E-state index is 5.21. The van der Waals surface area contributed by atoms with Crippen molar-refractivity contribution in [2.75, 3.05) is 13.7 Å². The van der Waals surface area contributed by atoms with E-state index < -0.39 is 0 Å². The second-order valence-electron chi connectivity index (χ2n) is 5.84. The van der Waals surface area contributed by atoms with Gasteiger partial charge in [-0.15, -0.1) is 0 Å². The van der Waals surface area contributed by atoms with E-state index in [9.17, 15) is 0 Å². The lowest BCUT2D eigenvalue weighted by Gasteiger charge is -2.18. The number of unbranched alkanes of at least 4 members (excludes halogenated alkanes) is 4. The summed E-state index contributed by atoms with van der Waals surface area (Å²) in [5, 5.41) is 3.64. The van der Waals surface area contributed by atoms with Gasteiger partial charge in [-0.2, -0.15) is 0 Å². The SMILES string of the molecule is CCCCCCCC(CCc1ccc(OC)cc1)NCC. The number of nitrogens with one attached hydrogen (secondary N) is 1. The highest BCUT2D eigenvalue weighted by molar-refractivity contribution is 5.27. The summed E-state index contributed by atoms with van der Waals surface area (Å²) >= 11 is 0. The van der Waals surface area contributed by atoms with Crippen molar-refractivity contribution in [1.82, 2.24) is 5.32 Å². The standard InChI is InChI=1S/C19H33NO/c1-4-6-7-8-9-10-18(20-5-2)14-11-17-12-15-19(21-3)16-13-17/h12-13,15-16,18,20H,4-11,14H2,1-3H3. The monoisotopic (exact) mass is 291 g/mol. The Hall–Kier alpha value is -1.02. The van der Waals surface area contributed by atoms with Gasteiger partial charge in [0.2, 0.25) is 0 Å². The molecule has 0 bridgehead atoms. The Morgan fingerprint density at radius 3 is 2.29 bits per heavy atom. The van der Waals surface area contributed by atoms with E-state index in [4.69, 9.17) is 4.74 Å². The molecule has 21 heavy (non-hydrogen) atoms. The summed E-state index contributed by atoms with van der Waals surface area (Å²) in [7, 11) is 1.72. The van der Waals surface area contributed by atoms with Crippen molar-refractivity contribution in [2.45, 2.75) is 71.3 Å². The van der Waals surface area contributed by atoms with E-state index in [0.717, 1.165) is 18.7 Å². The highest BCUT2D eigenvalue weighted by Gasteiger charge is 2.07. The Morgan fingerprint density at radius 1 is 0.952 bits per heavy atom. The first-order chi connectivity index (χ1) is 10.3. The molecular weight excluding hydrogens is 258 g/mol. The topological polar surface area (TPSA) is 21.3 Å². The zero-order valence-electron chi connectivity index (χ0n) is 14.2. The molecular formula is C19H33NO. The minimum Gasteiger partial charge on any atom is -0.497 e. The number of ether oxygens (including phenoxy) is 1. The normalized spacial score (nSPS) is 12.3. The summed E-state index contributed by atoms with van der Waals surface area (Å²) < 4.78 is 5.21. The van der Waals surface area contributed by atoms with Crippen LogP contribution in [-0.2, 0) is 6.42 Å². The third-order valence-corrected chi connectivity index (χ3v) is 4.09. The average Bonchev–Trinajstić information content (AvgIpc) is 2.52. The van der Waals surface area contributed by atoms with Gasteiger partial charge in [0.1, 0.15) is 5.75 Å². The Balaban J connectivity index is 2.28. The molecule has 1 atom stereocenters. The molecule has 2 heteroatoms. The van der Waals surface area contributed by atoms with Crippen LogP contribution in [0, 0.1) is 0 Å². The average molecular weight is 291 g/mol. The highest BCUT2D eigenvalue weighted by atomic mass is 16.5. The molecule has 1 aromatic rings. The Bertz CT molecular complexity index is 347. The summed E-state index contributed by atoms with van der Waals surface area (Å²) in [6.07, 6.45) is 10.6. The van der Waals surface area contributed by atoms with Gasteiger partial charge in [-0.25, -0.2) is 0 Å². The summed E-state index contributed by atoms with van der Waals surface area (Å²) in [5.74, 6) is 0.943. The fourth-order valence-corrected chi connectivity index (χ4v) is 2.76. The highest BCUT2D eigenvalue weighted by Crippen LogP contribution is 2.15. The van der Waals surface area contributed by atoms with Crippen LogP contribution in [0.3, 0.4) is 0 Å². The molecule has 120 valence electrons. The van der Waals surface area contributed by atoms with Crippen LogP contribution in [-0.4, -0.2) is 19.7 Å². The minimum absolute atomic E-state index is 0.665. The fourth-order valence-electron chi connectivity index (χ4n) is 2.76. The van der Waals surface area contributed by atoms with Gasteiger partial charge in [0.05, 0.1) is 7.11 Å². The van der Waals surface area contributed by atoms with E-state index in [0.29, 0.717) is 6.04 Å². The molecule has 1 unspecified atom stereocenters. The smallest absolute Gasteiger partial charge is 0.118 e. The molecule has 0 saturated heterocycles. The number of hydrogen-bond donors (Lipinski definition) is 1. The number of hydrogen-bond acceptors (Lipinski definition) is 2. The fraction of sp³-hybridized carbons (Fsp3) is 0.684. The van der Waals surface area contributed by atoms with Crippen molar-refractivity contribution in [3.8, 4) is 5.75 Å². The molecule has 1 N–H and O–H groups in total. The minimum atomic E-state index is 0.665. The first-order valence-electron chi connectivity index (χ1n) is 8.66. The van der Waals surface area contributed by atoms with E-state index in [1.54, 1.807) is 7.11 Å². The molecule has 0 heterocycles. The second-order valence-corrected chi connectivity index (χ2v) is 5.84. The van der Waals surface area contributed by atoms with Crippen molar-refractivity contribution in [3.05, 3.63) is 29.8 Å². The Kier molecular flexibility index (Phi) is 9.98. The second kappa shape index (κ2) is 11.6. The van der Waals surface area contributed by atoms with Gasteiger partial charge in [-0.1, -0.05) is 58.1 Å². The molecule has 1 rings (SSSR count). The van der Waals surface area contributed by atoms with E-state index in [2.05, 4.69) is 43.4 Å². The van der Waals surface area contributed by atoms with Crippen molar-refractivity contribution < 1.29 is 4.74 Å². The largest absolute Gasteiger partial charge is 0.497 e. The lowest BCUT2D eigenvalue weighted by atomic mass is 9.99. The third-order valence-electron chi connectivity index (χ3n) is 4.09. The van der Waals surface area contributed by atoms with E-state index in [-0.39, 0.29) is 0 Å². The van der Waals surface area contributed by atoms with Crippen LogP contribution < -0.4 is 10.1 Å². The van der Waals surface area contributed by atoms with Crippen LogP contribution in [0.2, 0.25) is 0 Å². The van der Waals surface area contributed by atoms with Crippen molar-refractivity contribution in [2.24, 2.45) is 0 Å². The van der Waals surface area contributed by atoms with Crippen LogP contribution in [0.15, 0.2) is 24.3 Å². The maximum Gasteiger partial charge on any atom is 0.118 e. The van der Waals surface area contributed by atoms with Crippen LogP contribution >= 0.6 is 0 Å². The van der Waals surface area contributed by atoms with Gasteiger partial charge in [-0.05, 0) is 43.5 Å². The number of methoxy groups -OCH3 is 1. The van der Waals surface area contributed by atoms with Crippen LogP contribution in [0.5, 0.6) is 5.75 Å². The zero-order valence-corrected chi connectivity index (χ0v) is 14.2. The summed E-state index contributed by atoms with van der Waals surface area (Å²) in [6, 6.07) is 9.15. The van der Waals surface area contributed by atoms with Gasteiger partial charge in [0.25, 0.3) is 0 Å². The Morgan fingerprint density at radius 2 is 1.67 bits per heavy atom. The molecule has 1 aromatic carbocycles. The van der Waals surface area contributed by atoms with Gasteiger partial charge in [0, 0.05) is 6.04 Å². The molecule has 0 aliphatic rings. The molecule has 0 aromatic heterocycles. The number of aryl methyl sites for hydroxylation is 1. The molecule has 0 saturated carbocycles. The van der Waals surface area contributed by atoms with Crippen LogP contribution in [0.4, 0.5) is 0 Å². The maximum atomic E-state index is 5.21.